The number of hydrogen-bond acceptors (Lipinski definition) is 5. The molecule has 0 aliphatic carbocycles. The zero-order valence-electron chi connectivity index (χ0n) is 16.5. The Balaban J connectivity index is 1.53. The minimum absolute atomic E-state index is 0.0496. The Bertz CT molecular complexity index is 772. The summed E-state index contributed by atoms with van der Waals surface area (Å²) >= 11 is 6.64. The number of nitrogens with zero attached hydrogens (tertiary/aromatic N) is 4. The van der Waals surface area contributed by atoms with Crippen molar-refractivity contribution < 1.29 is 9.53 Å². The van der Waals surface area contributed by atoms with E-state index in [-0.39, 0.29) is 5.91 Å². The van der Waals surface area contributed by atoms with E-state index in [0.717, 1.165) is 49.7 Å². The normalized spacial score (nSPS) is 15.7. The summed E-state index contributed by atoms with van der Waals surface area (Å²) in [7, 11) is 1.63. The van der Waals surface area contributed by atoms with Gasteiger partial charge >= 0.3 is 0 Å². The Morgan fingerprint density at radius 3 is 2.54 bits per heavy atom. The molecule has 1 saturated heterocycles. The van der Waals surface area contributed by atoms with Crippen molar-refractivity contribution in [2.75, 3.05) is 53.0 Å². The molecule has 0 atom stereocenters. The van der Waals surface area contributed by atoms with Crippen LogP contribution in [0.1, 0.15) is 11.3 Å². The molecule has 1 aromatic heterocycles. The second kappa shape index (κ2) is 10.0. The number of carbonyl (C=O) groups is 1. The predicted octanol–water partition coefficient (Wildman–Crippen LogP) is 1.71. The van der Waals surface area contributed by atoms with Crippen LogP contribution < -0.4 is 5.32 Å². The fourth-order valence-corrected chi connectivity index (χ4v) is 3.66. The second-order valence-corrected chi connectivity index (χ2v) is 7.36. The number of aromatic nitrogens is 2. The first-order valence-corrected chi connectivity index (χ1v) is 9.96. The van der Waals surface area contributed by atoms with E-state index in [4.69, 9.17) is 16.3 Å². The van der Waals surface area contributed by atoms with Gasteiger partial charge in [0.2, 0.25) is 5.91 Å². The predicted molar refractivity (Wildman–Crippen MR) is 110 cm³/mol. The van der Waals surface area contributed by atoms with E-state index in [9.17, 15) is 4.79 Å². The number of piperazine rings is 1. The smallest absolute Gasteiger partial charge is 0.234 e. The van der Waals surface area contributed by atoms with E-state index in [0.29, 0.717) is 24.8 Å². The number of carbonyl (C=O) groups excluding carboxylic acids is 1. The molecule has 1 aromatic carbocycles. The van der Waals surface area contributed by atoms with Crippen molar-refractivity contribution in [3.8, 4) is 5.69 Å². The maximum Gasteiger partial charge on any atom is 0.234 e. The monoisotopic (exact) mass is 405 g/mol. The van der Waals surface area contributed by atoms with Crippen LogP contribution in [-0.2, 0) is 16.1 Å². The molecule has 28 heavy (non-hydrogen) atoms. The van der Waals surface area contributed by atoms with Gasteiger partial charge in [-0.15, -0.1) is 0 Å². The lowest BCUT2D eigenvalue weighted by molar-refractivity contribution is -0.122. The van der Waals surface area contributed by atoms with Crippen LogP contribution in [0.4, 0.5) is 0 Å². The molecular formula is C20H28ClN5O2. The van der Waals surface area contributed by atoms with Gasteiger partial charge in [-0.1, -0.05) is 29.8 Å². The molecule has 1 N–H and O–H groups in total. The average molecular weight is 406 g/mol. The summed E-state index contributed by atoms with van der Waals surface area (Å²) in [5, 5.41) is 8.16. The summed E-state index contributed by atoms with van der Waals surface area (Å²) in [6.07, 6.45) is 0. The third-order valence-electron chi connectivity index (χ3n) is 4.96. The quantitative estimate of drug-likeness (QED) is 0.677. The van der Waals surface area contributed by atoms with Gasteiger partial charge in [0.1, 0.15) is 5.15 Å². The molecule has 152 valence electrons. The van der Waals surface area contributed by atoms with E-state index >= 15 is 0 Å². The van der Waals surface area contributed by atoms with Gasteiger partial charge in [-0.25, -0.2) is 4.68 Å². The molecule has 2 heterocycles. The molecular weight excluding hydrogens is 378 g/mol. The fraction of sp³-hybridized carbons (Fsp3) is 0.500. The van der Waals surface area contributed by atoms with Crippen LogP contribution in [0.2, 0.25) is 5.15 Å². The Morgan fingerprint density at radius 2 is 1.86 bits per heavy atom. The minimum Gasteiger partial charge on any atom is -0.383 e. The van der Waals surface area contributed by atoms with Gasteiger partial charge in [0, 0.05) is 51.9 Å². The number of benzene rings is 1. The van der Waals surface area contributed by atoms with Gasteiger partial charge < -0.3 is 10.1 Å². The van der Waals surface area contributed by atoms with Crippen LogP contribution in [0.5, 0.6) is 0 Å². The van der Waals surface area contributed by atoms with Crippen molar-refractivity contribution in [2.24, 2.45) is 0 Å². The van der Waals surface area contributed by atoms with Crippen molar-refractivity contribution >= 4 is 17.5 Å². The highest BCUT2D eigenvalue weighted by Gasteiger charge is 2.22. The van der Waals surface area contributed by atoms with Crippen LogP contribution in [-0.4, -0.2) is 78.5 Å². The molecule has 1 aliphatic rings. The highest BCUT2D eigenvalue weighted by molar-refractivity contribution is 6.30. The summed E-state index contributed by atoms with van der Waals surface area (Å²) in [6.45, 7) is 7.82. The summed E-state index contributed by atoms with van der Waals surface area (Å²) in [5.41, 5.74) is 2.98. The molecule has 0 saturated carbocycles. The lowest BCUT2D eigenvalue weighted by atomic mass is 10.2. The van der Waals surface area contributed by atoms with Crippen LogP contribution in [0.15, 0.2) is 30.3 Å². The molecule has 1 amide bonds. The molecule has 1 fully saturated rings. The third-order valence-corrected chi connectivity index (χ3v) is 5.35. The van der Waals surface area contributed by atoms with E-state index < -0.39 is 0 Å². The summed E-state index contributed by atoms with van der Waals surface area (Å²) < 4.78 is 6.75. The minimum atomic E-state index is 0.0496. The zero-order chi connectivity index (χ0) is 19.9. The lowest BCUT2D eigenvalue weighted by Gasteiger charge is -2.34. The highest BCUT2D eigenvalue weighted by atomic mass is 35.5. The average Bonchev–Trinajstić information content (AvgIpc) is 2.98. The maximum atomic E-state index is 11.9. The molecule has 0 radical (unpaired) electrons. The van der Waals surface area contributed by atoms with Crippen molar-refractivity contribution in [2.45, 2.75) is 13.5 Å². The van der Waals surface area contributed by atoms with Crippen LogP contribution in [0.3, 0.4) is 0 Å². The van der Waals surface area contributed by atoms with E-state index in [2.05, 4.69) is 20.2 Å². The molecule has 8 heteroatoms. The summed E-state index contributed by atoms with van der Waals surface area (Å²) in [4.78, 5) is 16.5. The Labute approximate surface area is 171 Å². The maximum absolute atomic E-state index is 11.9. The van der Waals surface area contributed by atoms with Gasteiger partial charge in [-0.3, -0.25) is 14.6 Å². The van der Waals surface area contributed by atoms with Crippen LogP contribution in [0, 0.1) is 6.92 Å². The fourth-order valence-electron chi connectivity index (χ4n) is 3.33. The molecule has 3 rings (SSSR count). The highest BCUT2D eigenvalue weighted by Crippen LogP contribution is 2.25. The first kappa shape index (κ1) is 20.8. The number of aryl methyl sites for hydroxylation is 1. The van der Waals surface area contributed by atoms with E-state index in [1.807, 2.05) is 37.3 Å². The number of ether oxygens (including phenoxy) is 1. The Hall–Kier alpha value is -1.93. The molecule has 7 nitrogen and oxygen atoms in total. The van der Waals surface area contributed by atoms with E-state index in [1.54, 1.807) is 11.8 Å². The van der Waals surface area contributed by atoms with Crippen molar-refractivity contribution in [1.82, 2.24) is 24.9 Å². The number of rotatable bonds is 8. The van der Waals surface area contributed by atoms with Gasteiger partial charge in [-0.2, -0.15) is 5.10 Å². The SMILES string of the molecule is COCCNC(=O)CN1CCN(Cc2c(C)nn(-c3ccccc3)c2Cl)CC1. The summed E-state index contributed by atoms with van der Waals surface area (Å²) in [6, 6.07) is 9.93. The number of para-hydroxylation sites is 1. The van der Waals surface area contributed by atoms with Crippen LogP contribution >= 0.6 is 11.6 Å². The first-order chi connectivity index (χ1) is 13.6. The van der Waals surface area contributed by atoms with Gasteiger partial charge in [0.05, 0.1) is 24.5 Å². The first-order valence-electron chi connectivity index (χ1n) is 9.58. The standard InChI is InChI=1S/C20H28ClN5O2/c1-16-18(20(21)26(23-16)17-6-4-3-5-7-17)14-24-9-11-25(12-10-24)15-19(27)22-8-13-28-2/h3-7H,8-15H2,1-2H3,(H,22,27). The molecule has 0 unspecified atom stereocenters. The molecule has 0 bridgehead atoms. The number of methoxy groups -OCH3 is 1. The third kappa shape index (κ3) is 5.32. The Morgan fingerprint density at radius 1 is 1.18 bits per heavy atom. The molecule has 2 aromatic rings. The summed E-state index contributed by atoms with van der Waals surface area (Å²) in [5.74, 6) is 0.0496. The zero-order valence-corrected chi connectivity index (χ0v) is 17.3. The number of hydrogen-bond donors (Lipinski definition) is 1. The Kier molecular flexibility index (Phi) is 7.44. The second-order valence-electron chi connectivity index (χ2n) is 7.00. The topological polar surface area (TPSA) is 62.6 Å². The molecule has 1 aliphatic heterocycles. The van der Waals surface area contributed by atoms with E-state index in [1.165, 1.54) is 0 Å². The largest absolute Gasteiger partial charge is 0.383 e. The number of nitrogens with one attached hydrogen (secondary N) is 1. The van der Waals surface area contributed by atoms with Crippen molar-refractivity contribution in [3.05, 3.63) is 46.7 Å². The lowest BCUT2D eigenvalue weighted by Crippen LogP contribution is -2.49. The van der Waals surface area contributed by atoms with Crippen LogP contribution in [0.25, 0.3) is 5.69 Å². The van der Waals surface area contributed by atoms with Crippen molar-refractivity contribution in [1.29, 1.82) is 0 Å². The van der Waals surface area contributed by atoms with Gasteiger partial charge in [0.15, 0.2) is 0 Å². The number of amides is 1. The van der Waals surface area contributed by atoms with Gasteiger partial charge in [-0.05, 0) is 19.1 Å². The van der Waals surface area contributed by atoms with Crippen molar-refractivity contribution in [3.63, 3.8) is 0 Å². The van der Waals surface area contributed by atoms with Gasteiger partial charge in [0.25, 0.3) is 0 Å². The molecule has 0 spiro atoms. The number of halogens is 1.